The molecule has 0 aliphatic heterocycles. The number of nitrogens with one attached hydrogen (secondary N) is 1. The van der Waals surface area contributed by atoms with Gasteiger partial charge in [0, 0.05) is 24.3 Å². The van der Waals surface area contributed by atoms with Gasteiger partial charge in [0.25, 0.3) is 5.91 Å². The van der Waals surface area contributed by atoms with Crippen molar-refractivity contribution in [3.8, 4) is 0 Å². The topological polar surface area (TPSA) is 66.5 Å². The van der Waals surface area contributed by atoms with Crippen molar-refractivity contribution in [2.24, 2.45) is 0 Å². The summed E-state index contributed by atoms with van der Waals surface area (Å²) in [4.78, 5) is 12.5. The second kappa shape index (κ2) is 8.82. The fraction of sp³-hybridized carbons (Fsp3) is 0.136. The van der Waals surface area contributed by atoms with Crippen LogP contribution in [0.3, 0.4) is 0 Å². The number of nitrogens with zero attached hydrogens (tertiary/aromatic N) is 1. The smallest absolute Gasteiger partial charge is 0.255 e. The summed E-state index contributed by atoms with van der Waals surface area (Å²) in [5.41, 5.74) is 2.00. The highest BCUT2D eigenvalue weighted by atomic mass is 32.2. The van der Waals surface area contributed by atoms with Gasteiger partial charge in [-0.2, -0.15) is 4.31 Å². The van der Waals surface area contributed by atoms with Crippen molar-refractivity contribution in [1.29, 1.82) is 0 Å². The van der Waals surface area contributed by atoms with E-state index in [4.69, 9.17) is 0 Å². The molecule has 0 saturated carbocycles. The summed E-state index contributed by atoms with van der Waals surface area (Å²) in [6.45, 7) is 2.46. The Labute approximate surface area is 165 Å². The predicted molar refractivity (Wildman–Crippen MR) is 111 cm³/mol. The lowest BCUT2D eigenvalue weighted by Crippen LogP contribution is -2.30. The zero-order valence-electron chi connectivity index (χ0n) is 15.6. The highest BCUT2D eigenvalue weighted by Crippen LogP contribution is 2.19. The number of hydrogen-bond donors (Lipinski definition) is 1. The van der Waals surface area contributed by atoms with Crippen molar-refractivity contribution in [3.63, 3.8) is 0 Å². The predicted octanol–water partition coefficient (Wildman–Crippen LogP) is 4.15. The molecule has 0 aliphatic rings. The Morgan fingerprint density at radius 3 is 2.00 bits per heavy atom. The second-order valence-corrected chi connectivity index (χ2v) is 8.20. The van der Waals surface area contributed by atoms with Gasteiger partial charge in [-0.05, 0) is 42.0 Å². The number of benzene rings is 3. The SMILES string of the molecule is CCN(Cc1ccccc1)S(=O)(=O)c1ccc(C(=O)Nc2ccccc2)cc1. The standard InChI is InChI=1S/C22H22N2O3S/c1-2-24(17-18-9-5-3-6-10-18)28(26,27)21-15-13-19(14-16-21)22(25)23-20-11-7-4-8-12-20/h3-16H,2,17H2,1H3,(H,23,25). The molecule has 5 nitrogen and oxygen atoms in total. The van der Waals surface area contributed by atoms with Crippen molar-refractivity contribution in [2.45, 2.75) is 18.4 Å². The molecule has 3 aromatic rings. The highest BCUT2D eigenvalue weighted by Gasteiger charge is 2.23. The third-order valence-corrected chi connectivity index (χ3v) is 6.28. The maximum absolute atomic E-state index is 13.0. The monoisotopic (exact) mass is 394 g/mol. The summed E-state index contributed by atoms with van der Waals surface area (Å²) in [5.74, 6) is -0.285. The van der Waals surface area contributed by atoms with Gasteiger partial charge in [0.05, 0.1) is 4.90 Å². The summed E-state index contributed by atoms with van der Waals surface area (Å²) in [6, 6.07) is 24.6. The van der Waals surface area contributed by atoms with E-state index in [0.717, 1.165) is 5.56 Å². The van der Waals surface area contributed by atoms with E-state index >= 15 is 0 Å². The van der Waals surface area contributed by atoms with Gasteiger partial charge in [0.15, 0.2) is 0 Å². The molecule has 0 fully saturated rings. The van der Waals surface area contributed by atoms with Gasteiger partial charge >= 0.3 is 0 Å². The lowest BCUT2D eigenvalue weighted by Gasteiger charge is -2.20. The molecule has 144 valence electrons. The van der Waals surface area contributed by atoms with Crippen LogP contribution >= 0.6 is 0 Å². The van der Waals surface area contributed by atoms with E-state index in [1.54, 1.807) is 12.1 Å². The average Bonchev–Trinajstić information content (AvgIpc) is 2.73. The number of rotatable bonds is 7. The van der Waals surface area contributed by atoms with E-state index in [2.05, 4.69) is 5.32 Å². The van der Waals surface area contributed by atoms with Crippen molar-refractivity contribution in [3.05, 3.63) is 96.1 Å². The van der Waals surface area contributed by atoms with Crippen LogP contribution in [-0.4, -0.2) is 25.2 Å². The minimum atomic E-state index is -3.65. The molecule has 3 rings (SSSR count). The van der Waals surface area contributed by atoms with Gasteiger partial charge in [-0.1, -0.05) is 55.5 Å². The minimum absolute atomic E-state index is 0.168. The summed E-state index contributed by atoms with van der Waals surface area (Å²) in [7, 11) is -3.65. The fourth-order valence-corrected chi connectivity index (χ4v) is 4.24. The molecule has 28 heavy (non-hydrogen) atoms. The van der Waals surface area contributed by atoms with Crippen molar-refractivity contribution < 1.29 is 13.2 Å². The van der Waals surface area contributed by atoms with Crippen LogP contribution in [0, 0.1) is 0 Å². The number of anilines is 1. The van der Waals surface area contributed by atoms with E-state index in [-0.39, 0.29) is 10.8 Å². The van der Waals surface area contributed by atoms with E-state index < -0.39 is 10.0 Å². The van der Waals surface area contributed by atoms with Crippen molar-refractivity contribution in [1.82, 2.24) is 4.31 Å². The van der Waals surface area contributed by atoms with Crippen LogP contribution in [0.2, 0.25) is 0 Å². The lowest BCUT2D eigenvalue weighted by molar-refractivity contribution is 0.102. The number of carbonyl (C=O) groups excluding carboxylic acids is 1. The molecule has 0 atom stereocenters. The van der Waals surface area contributed by atoms with Crippen LogP contribution in [0.15, 0.2) is 89.8 Å². The van der Waals surface area contributed by atoms with E-state index in [1.807, 2.05) is 55.5 Å². The Bertz CT molecular complexity index is 1020. The molecule has 0 radical (unpaired) electrons. The lowest BCUT2D eigenvalue weighted by atomic mass is 10.2. The number of carbonyl (C=O) groups is 1. The van der Waals surface area contributed by atoms with Crippen LogP contribution < -0.4 is 5.32 Å². The number of para-hydroxylation sites is 1. The summed E-state index contributed by atoms with van der Waals surface area (Å²) >= 11 is 0. The van der Waals surface area contributed by atoms with Gasteiger partial charge < -0.3 is 5.32 Å². The van der Waals surface area contributed by atoms with Gasteiger partial charge in [-0.15, -0.1) is 0 Å². The van der Waals surface area contributed by atoms with Gasteiger partial charge in [0.2, 0.25) is 10.0 Å². The second-order valence-electron chi connectivity index (χ2n) is 6.26. The average molecular weight is 394 g/mol. The van der Waals surface area contributed by atoms with Crippen LogP contribution in [0.25, 0.3) is 0 Å². The third-order valence-electron chi connectivity index (χ3n) is 4.34. The van der Waals surface area contributed by atoms with Crippen LogP contribution in [0.5, 0.6) is 0 Å². The Kier molecular flexibility index (Phi) is 6.23. The molecule has 6 heteroatoms. The molecule has 1 N–H and O–H groups in total. The fourth-order valence-electron chi connectivity index (χ4n) is 2.81. The third kappa shape index (κ3) is 4.65. The zero-order chi connectivity index (χ0) is 20.0. The van der Waals surface area contributed by atoms with Gasteiger partial charge in [-0.25, -0.2) is 8.42 Å². The summed E-state index contributed by atoms with van der Waals surface area (Å²) < 4.78 is 27.3. The Morgan fingerprint density at radius 2 is 1.43 bits per heavy atom. The first kappa shape index (κ1) is 19.8. The maximum atomic E-state index is 13.0. The minimum Gasteiger partial charge on any atom is -0.322 e. The van der Waals surface area contributed by atoms with Crippen LogP contribution in [0.4, 0.5) is 5.69 Å². The Balaban J connectivity index is 1.76. The number of hydrogen-bond acceptors (Lipinski definition) is 3. The summed E-state index contributed by atoms with van der Waals surface area (Å²) in [6.07, 6.45) is 0. The normalized spacial score (nSPS) is 11.4. The number of sulfonamides is 1. The molecule has 0 spiro atoms. The molecule has 0 aromatic heterocycles. The molecule has 0 bridgehead atoms. The Morgan fingerprint density at radius 1 is 0.857 bits per heavy atom. The van der Waals surface area contributed by atoms with E-state index in [1.165, 1.54) is 28.6 Å². The quantitative estimate of drug-likeness (QED) is 0.655. The molecule has 0 heterocycles. The molecular weight excluding hydrogens is 372 g/mol. The van der Waals surface area contributed by atoms with Crippen molar-refractivity contribution >= 4 is 21.6 Å². The highest BCUT2D eigenvalue weighted by molar-refractivity contribution is 7.89. The molecular formula is C22H22N2O3S. The van der Waals surface area contributed by atoms with Crippen LogP contribution in [0.1, 0.15) is 22.8 Å². The summed E-state index contributed by atoms with van der Waals surface area (Å²) in [5, 5.41) is 2.78. The number of amides is 1. The van der Waals surface area contributed by atoms with Gasteiger partial charge in [-0.3, -0.25) is 4.79 Å². The first-order valence-corrected chi connectivity index (χ1v) is 10.5. The molecule has 0 aliphatic carbocycles. The molecule has 3 aromatic carbocycles. The van der Waals surface area contributed by atoms with E-state index in [9.17, 15) is 13.2 Å². The molecule has 0 saturated heterocycles. The molecule has 1 amide bonds. The maximum Gasteiger partial charge on any atom is 0.255 e. The zero-order valence-corrected chi connectivity index (χ0v) is 16.4. The molecule has 0 unspecified atom stereocenters. The van der Waals surface area contributed by atoms with Gasteiger partial charge in [0.1, 0.15) is 0 Å². The first-order valence-electron chi connectivity index (χ1n) is 9.01. The van der Waals surface area contributed by atoms with Crippen LogP contribution in [-0.2, 0) is 16.6 Å². The van der Waals surface area contributed by atoms with E-state index in [0.29, 0.717) is 24.3 Å². The largest absolute Gasteiger partial charge is 0.322 e. The van der Waals surface area contributed by atoms with Crippen molar-refractivity contribution in [2.75, 3.05) is 11.9 Å². The Hall–Kier alpha value is -2.96. The first-order chi connectivity index (χ1) is 13.5.